The maximum atomic E-state index is 14.2. The Labute approximate surface area is 138 Å². The number of ether oxygens (including phenoxy) is 1. The normalized spacial score (nSPS) is 20.9. The van der Waals surface area contributed by atoms with E-state index in [0.717, 1.165) is 25.0 Å². The summed E-state index contributed by atoms with van der Waals surface area (Å²) in [6.07, 6.45) is 1.72. The van der Waals surface area contributed by atoms with Crippen molar-refractivity contribution in [2.45, 2.75) is 38.8 Å². The zero-order valence-electron chi connectivity index (χ0n) is 13.4. The van der Waals surface area contributed by atoms with Gasteiger partial charge in [0.05, 0.1) is 18.2 Å². The highest BCUT2D eigenvalue weighted by atomic mass is 19.1. The van der Waals surface area contributed by atoms with Crippen LogP contribution in [0.15, 0.2) is 29.5 Å². The van der Waals surface area contributed by atoms with Crippen LogP contribution in [0.5, 0.6) is 0 Å². The van der Waals surface area contributed by atoms with Gasteiger partial charge in [-0.2, -0.15) is 0 Å². The molecule has 2 aliphatic rings. The molecule has 5 nitrogen and oxygen atoms in total. The van der Waals surface area contributed by atoms with Crippen molar-refractivity contribution >= 4 is 12.0 Å². The molecule has 1 atom stereocenters. The molecule has 1 fully saturated rings. The molecule has 0 spiro atoms. The van der Waals surface area contributed by atoms with E-state index < -0.39 is 29.7 Å². The second-order valence-electron chi connectivity index (χ2n) is 5.87. The molecule has 128 valence electrons. The quantitative estimate of drug-likeness (QED) is 0.860. The zero-order valence-corrected chi connectivity index (χ0v) is 13.4. The average Bonchev–Trinajstić information content (AvgIpc) is 3.31. The van der Waals surface area contributed by atoms with Crippen LogP contribution in [-0.2, 0) is 9.53 Å². The van der Waals surface area contributed by atoms with Gasteiger partial charge in [-0.1, -0.05) is 6.07 Å². The smallest absolute Gasteiger partial charge is 0.338 e. The molecule has 1 saturated carbocycles. The van der Waals surface area contributed by atoms with E-state index in [1.807, 2.05) is 0 Å². The van der Waals surface area contributed by atoms with Gasteiger partial charge in [0.2, 0.25) is 0 Å². The van der Waals surface area contributed by atoms with Gasteiger partial charge in [-0.25, -0.2) is 18.4 Å². The Balaban J connectivity index is 2.09. The van der Waals surface area contributed by atoms with Crippen molar-refractivity contribution in [2.24, 2.45) is 0 Å². The number of esters is 1. The van der Waals surface area contributed by atoms with Gasteiger partial charge in [0.25, 0.3) is 0 Å². The van der Waals surface area contributed by atoms with Crippen molar-refractivity contribution in [1.29, 1.82) is 0 Å². The molecule has 1 aromatic carbocycles. The summed E-state index contributed by atoms with van der Waals surface area (Å²) in [7, 11) is 0. The van der Waals surface area contributed by atoms with E-state index in [4.69, 9.17) is 4.74 Å². The second-order valence-corrected chi connectivity index (χ2v) is 5.87. The van der Waals surface area contributed by atoms with E-state index in [1.54, 1.807) is 13.8 Å². The fourth-order valence-corrected chi connectivity index (χ4v) is 2.97. The van der Waals surface area contributed by atoms with Crippen LogP contribution in [0.3, 0.4) is 0 Å². The van der Waals surface area contributed by atoms with Gasteiger partial charge in [0.15, 0.2) is 0 Å². The van der Waals surface area contributed by atoms with E-state index in [0.29, 0.717) is 5.70 Å². The molecule has 1 aliphatic heterocycles. The summed E-state index contributed by atoms with van der Waals surface area (Å²) < 4.78 is 32.5. The third-order valence-electron chi connectivity index (χ3n) is 4.21. The summed E-state index contributed by atoms with van der Waals surface area (Å²) in [5.41, 5.74) is 0.657. The Morgan fingerprint density at radius 1 is 1.38 bits per heavy atom. The van der Waals surface area contributed by atoms with Crippen LogP contribution in [-0.4, -0.2) is 29.5 Å². The van der Waals surface area contributed by atoms with Gasteiger partial charge < -0.3 is 10.1 Å². The van der Waals surface area contributed by atoms with Crippen molar-refractivity contribution < 1.29 is 23.1 Å². The molecule has 0 saturated heterocycles. The molecule has 3 rings (SSSR count). The Hall–Kier alpha value is -2.44. The summed E-state index contributed by atoms with van der Waals surface area (Å²) in [6, 6.07) is 1.70. The molecule has 7 heteroatoms. The fraction of sp³-hybridized carbons (Fsp3) is 0.412. The third-order valence-corrected chi connectivity index (χ3v) is 4.21. The van der Waals surface area contributed by atoms with Gasteiger partial charge >= 0.3 is 12.0 Å². The van der Waals surface area contributed by atoms with Crippen LogP contribution in [0.2, 0.25) is 0 Å². The molecule has 1 heterocycles. The van der Waals surface area contributed by atoms with Crippen molar-refractivity contribution in [3.05, 3.63) is 46.7 Å². The molecular weight excluding hydrogens is 318 g/mol. The van der Waals surface area contributed by atoms with Gasteiger partial charge in [-0.15, -0.1) is 0 Å². The SMILES string of the molecule is CCOC(=O)C1=C(C)N(C2CC2)C(=O)N[C@@H]1c1ccc(F)cc1F. The van der Waals surface area contributed by atoms with Crippen molar-refractivity contribution in [3.8, 4) is 0 Å². The fourth-order valence-electron chi connectivity index (χ4n) is 2.97. The first-order valence-electron chi connectivity index (χ1n) is 7.86. The van der Waals surface area contributed by atoms with E-state index in [2.05, 4.69) is 5.32 Å². The molecule has 1 aliphatic carbocycles. The number of rotatable bonds is 4. The van der Waals surface area contributed by atoms with Crippen molar-refractivity contribution in [3.63, 3.8) is 0 Å². The number of carbonyl (C=O) groups is 2. The van der Waals surface area contributed by atoms with E-state index in [9.17, 15) is 18.4 Å². The van der Waals surface area contributed by atoms with Gasteiger partial charge in [-0.05, 0) is 32.8 Å². The molecule has 0 unspecified atom stereocenters. The first-order valence-corrected chi connectivity index (χ1v) is 7.86. The minimum Gasteiger partial charge on any atom is -0.463 e. The van der Waals surface area contributed by atoms with Crippen LogP contribution in [0, 0.1) is 11.6 Å². The minimum absolute atomic E-state index is 0.0302. The topological polar surface area (TPSA) is 58.6 Å². The molecule has 1 aromatic rings. The summed E-state index contributed by atoms with van der Waals surface area (Å²) in [6.45, 7) is 3.48. The predicted molar refractivity (Wildman–Crippen MR) is 81.8 cm³/mol. The standard InChI is InChI=1S/C17H18F2N2O3/c1-3-24-16(22)14-9(2)21(11-5-6-11)17(23)20-15(14)12-7-4-10(18)8-13(12)19/h4,7-8,11,15H,3,5-6H2,1-2H3,(H,20,23)/t15-/m1/s1. The van der Waals surface area contributed by atoms with Crippen molar-refractivity contribution in [1.82, 2.24) is 10.2 Å². The number of carbonyl (C=O) groups excluding carboxylic acids is 2. The average molecular weight is 336 g/mol. The summed E-state index contributed by atoms with van der Waals surface area (Å²) in [4.78, 5) is 26.3. The van der Waals surface area contributed by atoms with Gasteiger partial charge in [0, 0.05) is 23.4 Å². The lowest BCUT2D eigenvalue weighted by Crippen LogP contribution is -2.49. The van der Waals surface area contributed by atoms with Crippen LogP contribution >= 0.6 is 0 Å². The van der Waals surface area contributed by atoms with E-state index in [-0.39, 0.29) is 23.8 Å². The first kappa shape index (κ1) is 16.4. The number of hydrogen-bond donors (Lipinski definition) is 1. The van der Waals surface area contributed by atoms with Crippen LogP contribution < -0.4 is 5.32 Å². The van der Waals surface area contributed by atoms with Gasteiger partial charge in [-0.3, -0.25) is 4.90 Å². The molecule has 0 bridgehead atoms. The van der Waals surface area contributed by atoms with Crippen LogP contribution in [0.1, 0.15) is 38.3 Å². The monoisotopic (exact) mass is 336 g/mol. The molecule has 0 aromatic heterocycles. The third kappa shape index (κ3) is 2.86. The largest absolute Gasteiger partial charge is 0.463 e. The molecular formula is C17H18F2N2O3. The maximum Gasteiger partial charge on any atom is 0.338 e. The number of allylic oxidation sites excluding steroid dienone is 1. The number of nitrogens with zero attached hydrogens (tertiary/aromatic N) is 1. The molecule has 0 radical (unpaired) electrons. The van der Waals surface area contributed by atoms with E-state index in [1.165, 1.54) is 11.0 Å². The summed E-state index contributed by atoms with van der Waals surface area (Å²) in [5, 5.41) is 2.65. The molecule has 2 amide bonds. The van der Waals surface area contributed by atoms with Crippen molar-refractivity contribution in [2.75, 3.05) is 6.61 Å². The lowest BCUT2D eigenvalue weighted by Gasteiger charge is -2.35. The Morgan fingerprint density at radius 2 is 2.08 bits per heavy atom. The highest BCUT2D eigenvalue weighted by molar-refractivity contribution is 5.95. The number of hydrogen-bond acceptors (Lipinski definition) is 3. The first-order chi connectivity index (χ1) is 11.4. The van der Waals surface area contributed by atoms with Gasteiger partial charge in [0.1, 0.15) is 11.6 Å². The van der Waals surface area contributed by atoms with E-state index >= 15 is 0 Å². The lowest BCUT2D eigenvalue weighted by atomic mass is 9.94. The minimum atomic E-state index is -1.01. The van der Waals surface area contributed by atoms with Crippen LogP contribution in [0.25, 0.3) is 0 Å². The number of amides is 2. The predicted octanol–water partition coefficient (Wildman–Crippen LogP) is 3.03. The summed E-state index contributed by atoms with van der Waals surface area (Å²) >= 11 is 0. The number of nitrogens with one attached hydrogen (secondary N) is 1. The second kappa shape index (κ2) is 6.22. The highest BCUT2D eigenvalue weighted by Crippen LogP contribution is 2.38. The summed E-state index contributed by atoms with van der Waals surface area (Å²) in [5.74, 6) is -2.17. The maximum absolute atomic E-state index is 14.2. The Kier molecular flexibility index (Phi) is 4.26. The number of halogens is 2. The number of urea groups is 1. The highest BCUT2D eigenvalue weighted by Gasteiger charge is 2.43. The number of benzene rings is 1. The lowest BCUT2D eigenvalue weighted by molar-refractivity contribution is -0.139. The Morgan fingerprint density at radius 3 is 2.67 bits per heavy atom. The van der Waals surface area contributed by atoms with Crippen LogP contribution in [0.4, 0.5) is 13.6 Å². The Bertz CT molecular complexity index is 729. The zero-order chi connectivity index (χ0) is 17.4. The molecule has 1 N–H and O–H groups in total. The molecule has 24 heavy (non-hydrogen) atoms.